The number of carbonyl (C=O) groups excluding carboxylic acids is 2. The number of piperazine rings is 1. The Labute approximate surface area is 126 Å². The molecule has 114 valence electrons. The van der Waals surface area contributed by atoms with Crippen LogP contribution in [0, 0.1) is 0 Å². The molecule has 0 atom stereocenters. The SMILES string of the molecule is CC(=O)N1CCN(C(=O)c2n[nH]c(=O)c3ccccc23)CC1. The van der Waals surface area contributed by atoms with Gasteiger partial charge < -0.3 is 9.80 Å². The molecule has 0 spiro atoms. The molecule has 1 aromatic carbocycles. The van der Waals surface area contributed by atoms with E-state index >= 15 is 0 Å². The first-order chi connectivity index (χ1) is 10.6. The minimum absolute atomic E-state index is 0.0136. The number of aromatic amines is 1. The zero-order valence-electron chi connectivity index (χ0n) is 12.2. The Morgan fingerprint density at radius 3 is 2.27 bits per heavy atom. The molecule has 2 heterocycles. The molecule has 0 radical (unpaired) electrons. The molecule has 0 saturated carbocycles. The molecule has 22 heavy (non-hydrogen) atoms. The highest BCUT2D eigenvalue weighted by Gasteiger charge is 2.25. The molecule has 1 N–H and O–H groups in total. The van der Waals surface area contributed by atoms with Crippen LogP contribution in [0.15, 0.2) is 29.1 Å². The Kier molecular flexibility index (Phi) is 3.62. The maximum absolute atomic E-state index is 12.6. The fraction of sp³-hybridized carbons (Fsp3) is 0.333. The van der Waals surface area contributed by atoms with Crippen LogP contribution >= 0.6 is 0 Å². The highest BCUT2D eigenvalue weighted by Crippen LogP contribution is 2.15. The third kappa shape index (κ3) is 2.45. The molecule has 0 unspecified atom stereocenters. The van der Waals surface area contributed by atoms with Crippen LogP contribution in [0.4, 0.5) is 0 Å². The molecule has 0 bridgehead atoms. The van der Waals surface area contributed by atoms with Gasteiger partial charge in [0.25, 0.3) is 11.5 Å². The number of amides is 2. The Balaban J connectivity index is 1.89. The smallest absolute Gasteiger partial charge is 0.275 e. The second-order valence-corrected chi connectivity index (χ2v) is 5.25. The van der Waals surface area contributed by atoms with E-state index in [0.29, 0.717) is 37.0 Å². The van der Waals surface area contributed by atoms with E-state index in [1.165, 1.54) is 6.92 Å². The zero-order chi connectivity index (χ0) is 15.7. The molecule has 1 saturated heterocycles. The predicted octanol–water partition coefficient (Wildman–Crippen LogP) is 0.227. The van der Waals surface area contributed by atoms with Crippen LogP contribution < -0.4 is 5.56 Å². The lowest BCUT2D eigenvalue weighted by Gasteiger charge is -2.34. The summed E-state index contributed by atoms with van der Waals surface area (Å²) in [6, 6.07) is 6.91. The molecule has 2 amide bonds. The number of fused-ring (bicyclic) bond motifs is 1. The Morgan fingerprint density at radius 1 is 1.05 bits per heavy atom. The minimum atomic E-state index is -0.312. The first-order valence-corrected chi connectivity index (χ1v) is 7.10. The van der Waals surface area contributed by atoms with Gasteiger partial charge in [-0.15, -0.1) is 0 Å². The van der Waals surface area contributed by atoms with Crippen molar-refractivity contribution >= 4 is 22.6 Å². The summed E-state index contributed by atoms with van der Waals surface area (Å²) in [6.45, 7) is 3.49. The van der Waals surface area contributed by atoms with Crippen molar-refractivity contribution in [2.24, 2.45) is 0 Å². The van der Waals surface area contributed by atoms with Gasteiger partial charge in [0.2, 0.25) is 5.91 Å². The lowest BCUT2D eigenvalue weighted by molar-refractivity contribution is -0.130. The van der Waals surface area contributed by atoms with Crippen LogP contribution in [0.3, 0.4) is 0 Å². The highest BCUT2D eigenvalue weighted by molar-refractivity contribution is 6.04. The van der Waals surface area contributed by atoms with Crippen molar-refractivity contribution in [3.05, 3.63) is 40.3 Å². The molecule has 3 rings (SSSR count). The fourth-order valence-corrected chi connectivity index (χ4v) is 2.65. The van der Waals surface area contributed by atoms with E-state index in [-0.39, 0.29) is 23.1 Å². The molecule has 1 fully saturated rings. The van der Waals surface area contributed by atoms with Gasteiger partial charge in [-0.2, -0.15) is 5.10 Å². The quantitative estimate of drug-likeness (QED) is 0.816. The number of carbonyl (C=O) groups is 2. The van der Waals surface area contributed by atoms with Gasteiger partial charge in [-0.1, -0.05) is 18.2 Å². The molecule has 1 aromatic heterocycles. The average Bonchev–Trinajstić information content (AvgIpc) is 2.55. The number of rotatable bonds is 1. The summed E-state index contributed by atoms with van der Waals surface area (Å²) in [5.41, 5.74) is -0.0694. The van der Waals surface area contributed by atoms with Crippen molar-refractivity contribution < 1.29 is 9.59 Å². The minimum Gasteiger partial charge on any atom is -0.339 e. The number of hydrogen-bond acceptors (Lipinski definition) is 4. The second kappa shape index (κ2) is 5.59. The summed E-state index contributed by atoms with van der Waals surface area (Å²) in [6.07, 6.45) is 0. The number of H-pyrrole nitrogens is 1. The van der Waals surface area contributed by atoms with Crippen molar-refractivity contribution in [1.82, 2.24) is 20.0 Å². The van der Waals surface area contributed by atoms with Gasteiger partial charge in [-0.3, -0.25) is 14.4 Å². The van der Waals surface area contributed by atoms with Gasteiger partial charge in [-0.25, -0.2) is 5.10 Å². The normalized spacial score (nSPS) is 15.1. The van der Waals surface area contributed by atoms with E-state index in [0.717, 1.165) is 0 Å². The van der Waals surface area contributed by atoms with Crippen molar-refractivity contribution in [2.45, 2.75) is 6.92 Å². The standard InChI is InChI=1S/C15H16N4O3/c1-10(20)18-6-8-19(9-7-18)15(22)13-11-4-2-3-5-12(11)14(21)17-16-13/h2-5H,6-9H2,1H3,(H,17,21). The van der Waals surface area contributed by atoms with Crippen molar-refractivity contribution in [3.63, 3.8) is 0 Å². The van der Waals surface area contributed by atoms with E-state index in [4.69, 9.17) is 0 Å². The summed E-state index contributed by atoms with van der Waals surface area (Å²) in [7, 11) is 0. The van der Waals surface area contributed by atoms with Gasteiger partial charge in [0.1, 0.15) is 0 Å². The summed E-state index contributed by atoms with van der Waals surface area (Å²) in [5.74, 6) is -0.213. The van der Waals surface area contributed by atoms with Crippen molar-refractivity contribution in [3.8, 4) is 0 Å². The average molecular weight is 300 g/mol. The molecule has 2 aromatic rings. The topological polar surface area (TPSA) is 86.4 Å². The van der Waals surface area contributed by atoms with Crippen LogP contribution in [-0.2, 0) is 4.79 Å². The zero-order valence-corrected chi connectivity index (χ0v) is 12.2. The number of aromatic nitrogens is 2. The lowest BCUT2D eigenvalue weighted by atomic mass is 10.1. The highest BCUT2D eigenvalue weighted by atomic mass is 16.2. The molecular formula is C15H16N4O3. The van der Waals surface area contributed by atoms with Crippen molar-refractivity contribution in [2.75, 3.05) is 26.2 Å². The van der Waals surface area contributed by atoms with E-state index in [9.17, 15) is 14.4 Å². The maximum Gasteiger partial charge on any atom is 0.275 e. The fourth-order valence-electron chi connectivity index (χ4n) is 2.65. The third-order valence-electron chi connectivity index (χ3n) is 3.91. The molecule has 1 aliphatic heterocycles. The largest absolute Gasteiger partial charge is 0.339 e. The Hall–Kier alpha value is -2.70. The predicted molar refractivity (Wildman–Crippen MR) is 80.5 cm³/mol. The summed E-state index contributed by atoms with van der Waals surface area (Å²) in [5, 5.41) is 7.29. The first kappa shape index (κ1) is 14.2. The van der Waals surface area contributed by atoms with Crippen LogP contribution in [0.5, 0.6) is 0 Å². The number of nitrogens with zero attached hydrogens (tertiary/aromatic N) is 3. The van der Waals surface area contributed by atoms with Crippen molar-refractivity contribution in [1.29, 1.82) is 0 Å². The summed E-state index contributed by atoms with van der Waals surface area (Å²) in [4.78, 5) is 39.1. The van der Waals surface area contributed by atoms with Gasteiger partial charge in [0.05, 0.1) is 5.39 Å². The number of benzene rings is 1. The van der Waals surface area contributed by atoms with E-state index < -0.39 is 0 Å². The number of nitrogens with one attached hydrogen (secondary N) is 1. The van der Waals surface area contributed by atoms with Crippen LogP contribution in [0.25, 0.3) is 10.8 Å². The second-order valence-electron chi connectivity index (χ2n) is 5.25. The molecule has 1 aliphatic rings. The lowest BCUT2D eigenvalue weighted by Crippen LogP contribution is -2.50. The molecule has 7 nitrogen and oxygen atoms in total. The molecular weight excluding hydrogens is 284 g/mol. The van der Waals surface area contributed by atoms with Crippen LogP contribution in [-0.4, -0.2) is 58.0 Å². The monoisotopic (exact) mass is 300 g/mol. The van der Waals surface area contributed by atoms with Gasteiger partial charge in [0.15, 0.2) is 5.69 Å². The Morgan fingerprint density at radius 2 is 1.64 bits per heavy atom. The molecule has 7 heteroatoms. The third-order valence-corrected chi connectivity index (χ3v) is 3.91. The van der Waals surface area contributed by atoms with Crippen LogP contribution in [0.1, 0.15) is 17.4 Å². The maximum atomic E-state index is 12.6. The van der Waals surface area contributed by atoms with E-state index in [2.05, 4.69) is 10.2 Å². The molecule has 0 aliphatic carbocycles. The summed E-state index contributed by atoms with van der Waals surface area (Å²) >= 11 is 0. The summed E-state index contributed by atoms with van der Waals surface area (Å²) < 4.78 is 0. The first-order valence-electron chi connectivity index (χ1n) is 7.10. The Bertz CT molecular complexity index is 791. The van der Waals surface area contributed by atoms with E-state index in [1.807, 2.05) is 0 Å². The number of hydrogen-bond donors (Lipinski definition) is 1. The van der Waals surface area contributed by atoms with Gasteiger partial charge >= 0.3 is 0 Å². The van der Waals surface area contributed by atoms with Gasteiger partial charge in [0, 0.05) is 38.5 Å². The van der Waals surface area contributed by atoms with Crippen LogP contribution in [0.2, 0.25) is 0 Å². The van der Waals surface area contributed by atoms with E-state index in [1.54, 1.807) is 34.1 Å². The van der Waals surface area contributed by atoms with Gasteiger partial charge in [-0.05, 0) is 6.07 Å².